The molecule has 28 heavy (non-hydrogen) atoms. The second-order valence-corrected chi connectivity index (χ2v) is 9.24. The van der Waals surface area contributed by atoms with Gasteiger partial charge in [-0.3, -0.25) is 9.59 Å². The molecule has 0 saturated carbocycles. The van der Waals surface area contributed by atoms with Gasteiger partial charge in [0.25, 0.3) is 5.91 Å². The third-order valence-electron chi connectivity index (χ3n) is 5.72. The Labute approximate surface area is 172 Å². The summed E-state index contributed by atoms with van der Waals surface area (Å²) in [5, 5.41) is 4.45. The van der Waals surface area contributed by atoms with Crippen LogP contribution in [-0.4, -0.2) is 35.3 Å². The number of amides is 2. The van der Waals surface area contributed by atoms with Crippen LogP contribution in [-0.2, 0) is 4.79 Å². The third-order valence-corrected chi connectivity index (χ3v) is 7.36. The summed E-state index contributed by atoms with van der Waals surface area (Å²) < 4.78 is 1.01. The normalized spacial score (nSPS) is 17.8. The van der Waals surface area contributed by atoms with E-state index in [9.17, 15) is 9.59 Å². The molecular weight excluding hydrogens is 392 g/mol. The largest absolute Gasteiger partial charge is 0.347 e. The summed E-state index contributed by atoms with van der Waals surface area (Å²) in [4.78, 5) is 26.8. The highest BCUT2D eigenvalue weighted by atomic mass is 35.5. The van der Waals surface area contributed by atoms with Crippen molar-refractivity contribution >= 4 is 44.8 Å². The van der Waals surface area contributed by atoms with Crippen LogP contribution in [0.3, 0.4) is 0 Å². The van der Waals surface area contributed by atoms with Gasteiger partial charge in [0, 0.05) is 29.6 Å². The van der Waals surface area contributed by atoms with Crippen molar-refractivity contribution in [3.05, 3.63) is 57.9 Å². The van der Waals surface area contributed by atoms with E-state index in [1.807, 2.05) is 12.1 Å². The molecule has 2 aromatic carbocycles. The van der Waals surface area contributed by atoms with Crippen molar-refractivity contribution in [1.82, 2.24) is 10.2 Å². The quantitative estimate of drug-likeness (QED) is 0.669. The molecule has 2 saturated heterocycles. The number of likely N-dealkylation sites (tertiary alicyclic amines) is 1. The molecule has 2 aliphatic rings. The molecule has 6 heteroatoms. The number of hydrogen-bond acceptors (Lipinski definition) is 3. The minimum Gasteiger partial charge on any atom is -0.347 e. The molecule has 0 radical (unpaired) electrons. The maximum absolute atomic E-state index is 13.0. The number of nitrogens with one attached hydrogen (secondary N) is 1. The predicted octanol–water partition coefficient (Wildman–Crippen LogP) is 4.63. The van der Waals surface area contributed by atoms with Crippen LogP contribution in [0.1, 0.15) is 28.1 Å². The minimum absolute atomic E-state index is 0.0464. The number of thiophene rings is 1. The Balaban J connectivity index is 1.42. The average Bonchev–Trinajstić information content (AvgIpc) is 3.21. The molecule has 3 aromatic rings. The first-order chi connectivity index (χ1) is 13.4. The van der Waals surface area contributed by atoms with E-state index in [1.165, 1.54) is 16.9 Å². The molecule has 0 bridgehead atoms. The first-order valence-electron chi connectivity index (χ1n) is 9.34. The molecule has 2 fully saturated rings. The lowest BCUT2D eigenvalue weighted by atomic mass is 9.88. The summed E-state index contributed by atoms with van der Waals surface area (Å²) in [5.41, 5.74) is 3.27. The van der Waals surface area contributed by atoms with Crippen molar-refractivity contribution in [3.8, 4) is 11.1 Å². The summed E-state index contributed by atoms with van der Waals surface area (Å²) in [6.45, 7) is 3.20. The SMILES string of the molecule is Cc1ccc(-c2ccc3c(Cl)c(C(=O)N4CC5(CCC(=O)N5)C4)sc3c2)cc1. The Morgan fingerprint density at radius 2 is 1.86 bits per heavy atom. The number of hydrogen-bond donors (Lipinski definition) is 1. The van der Waals surface area contributed by atoms with Crippen LogP contribution in [0.25, 0.3) is 21.2 Å². The molecule has 5 rings (SSSR count). The van der Waals surface area contributed by atoms with E-state index >= 15 is 0 Å². The molecule has 142 valence electrons. The summed E-state index contributed by atoms with van der Waals surface area (Å²) in [7, 11) is 0. The molecule has 0 aliphatic carbocycles. The second-order valence-electron chi connectivity index (χ2n) is 7.81. The number of halogens is 1. The van der Waals surface area contributed by atoms with Crippen LogP contribution in [0.15, 0.2) is 42.5 Å². The number of nitrogens with zero attached hydrogens (tertiary/aromatic N) is 1. The first kappa shape index (κ1) is 17.7. The van der Waals surface area contributed by atoms with Crippen LogP contribution in [0.4, 0.5) is 0 Å². The topological polar surface area (TPSA) is 49.4 Å². The van der Waals surface area contributed by atoms with Crippen molar-refractivity contribution in [2.45, 2.75) is 25.3 Å². The fraction of sp³-hybridized carbons (Fsp3) is 0.273. The van der Waals surface area contributed by atoms with Gasteiger partial charge in [0.05, 0.1) is 10.6 Å². The molecule has 2 aliphatic heterocycles. The van der Waals surface area contributed by atoms with Gasteiger partial charge in [0.2, 0.25) is 5.91 Å². The summed E-state index contributed by atoms with van der Waals surface area (Å²) in [5.74, 6) is 0.0329. The van der Waals surface area contributed by atoms with Crippen molar-refractivity contribution in [2.24, 2.45) is 0 Å². The predicted molar refractivity (Wildman–Crippen MR) is 113 cm³/mol. The van der Waals surface area contributed by atoms with Crippen LogP contribution in [0.5, 0.6) is 0 Å². The zero-order chi connectivity index (χ0) is 19.5. The fourth-order valence-electron chi connectivity index (χ4n) is 4.11. The Bertz CT molecular complexity index is 1110. The van der Waals surface area contributed by atoms with Crippen molar-refractivity contribution in [3.63, 3.8) is 0 Å². The van der Waals surface area contributed by atoms with Gasteiger partial charge in [-0.2, -0.15) is 0 Å². The lowest BCUT2D eigenvalue weighted by molar-refractivity contribution is -0.120. The van der Waals surface area contributed by atoms with Crippen LogP contribution < -0.4 is 5.32 Å². The molecule has 4 nitrogen and oxygen atoms in total. The van der Waals surface area contributed by atoms with Gasteiger partial charge in [-0.15, -0.1) is 11.3 Å². The van der Waals surface area contributed by atoms with Crippen molar-refractivity contribution in [2.75, 3.05) is 13.1 Å². The molecule has 3 heterocycles. The van der Waals surface area contributed by atoms with E-state index in [1.54, 1.807) is 4.90 Å². The lowest BCUT2D eigenvalue weighted by Gasteiger charge is -2.47. The van der Waals surface area contributed by atoms with Gasteiger partial charge < -0.3 is 10.2 Å². The van der Waals surface area contributed by atoms with E-state index in [0.29, 0.717) is 29.4 Å². The van der Waals surface area contributed by atoms with Gasteiger partial charge in [-0.1, -0.05) is 53.6 Å². The maximum atomic E-state index is 13.0. The highest BCUT2D eigenvalue weighted by Gasteiger charge is 2.49. The molecule has 0 unspecified atom stereocenters. The first-order valence-corrected chi connectivity index (χ1v) is 10.5. The smallest absolute Gasteiger partial charge is 0.265 e. The van der Waals surface area contributed by atoms with E-state index in [2.05, 4.69) is 42.6 Å². The van der Waals surface area contributed by atoms with E-state index in [-0.39, 0.29) is 17.4 Å². The second kappa shape index (κ2) is 6.33. The highest BCUT2D eigenvalue weighted by molar-refractivity contribution is 7.21. The third kappa shape index (κ3) is 2.81. The van der Waals surface area contributed by atoms with Crippen molar-refractivity contribution < 1.29 is 9.59 Å². The van der Waals surface area contributed by atoms with Gasteiger partial charge in [0.15, 0.2) is 0 Å². The number of rotatable bonds is 2. The summed E-state index contributed by atoms with van der Waals surface area (Å²) in [6, 6.07) is 14.5. The number of benzene rings is 2. The van der Waals surface area contributed by atoms with E-state index in [0.717, 1.165) is 27.6 Å². The molecule has 1 aromatic heterocycles. The van der Waals surface area contributed by atoms with Crippen LogP contribution in [0.2, 0.25) is 5.02 Å². The summed E-state index contributed by atoms with van der Waals surface area (Å²) >= 11 is 8.01. The molecule has 1 N–H and O–H groups in total. The van der Waals surface area contributed by atoms with Gasteiger partial charge in [-0.05, 0) is 30.5 Å². The molecule has 0 atom stereocenters. The summed E-state index contributed by atoms with van der Waals surface area (Å²) in [6.07, 6.45) is 1.35. The number of aryl methyl sites for hydroxylation is 1. The fourth-order valence-corrected chi connectivity index (χ4v) is 5.63. The number of carbonyl (C=O) groups excluding carboxylic acids is 2. The maximum Gasteiger partial charge on any atom is 0.265 e. The number of fused-ring (bicyclic) bond motifs is 1. The van der Waals surface area contributed by atoms with Gasteiger partial charge in [0.1, 0.15) is 4.88 Å². The molecule has 2 amide bonds. The van der Waals surface area contributed by atoms with Gasteiger partial charge >= 0.3 is 0 Å². The monoisotopic (exact) mass is 410 g/mol. The Morgan fingerprint density at radius 1 is 1.14 bits per heavy atom. The number of carbonyl (C=O) groups is 2. The Hall–Kier alpha value is -2.37. The zero-order valence-corrected chi connectivity index (χ0v) is 17.0. The molecule has 1 spiro atoms. The van der Waals surface area contributed by atoms with E-state index in [4.69, 9.17) is 11.6 Å². The standard InChI is InChI=1S/C22H19ClN2O2S/c1-13-2-4-14(5-3-13)15-6-7-16-17(10-15)28-20(19(16)23)21(27)25-11-22(12-25)9-8-18(26)24-22/h2-7,10H,8-9,11-12H2,1H3,(H,24,26). The van der Waals surface area contributed by atoms with Crippen LogP contribution in [0, 0.1) is 6.92 Å². The molecular formula is C22H19ClN2O2S. The Kier molecular flexibility index (Phi) is 4.00. The minimum atomic E-state index is -0.214. The highest BCUT2D eigenvalue weighted by Crippen LogP contribution is 2.40. The Morgan fingerprint density at radius 3 is 2.54 bits per heavy atom. The van der Waals surface area contributed by atoms with E-state index < -0.39 is 0 Å². The van der Waals surface area contributed by atoms with Gasteiger partial charge in [-0.25, -0.2) is 0 Å². The van der Waals surface area contributed by atoms with Crippen molar-refractivity contribution in [1.29, 1.82) is 0 Å². The van der Waals surface area contributed by atoms with Crippen LogP contribution >= 0.6 is 22.9 Å². The average molecular weight is 411 g/mol. The zero-order valence-electron chi connectivity index (χ0n) is 15.4. The lowest BCUT2D eigenvalue weighted by Crippen LogP contribution is -2.68.